The molecule has 1 aromatic rings. The van der Waals surface area contributed by atoms with Gasteiger partial charge >= 0.3 is 12.1 Å². The summed E-state index contributed by atoms with van der Waals surface area (Å²) in [5.41, 5.74) is 0. The molecule has 8 heteroatoms. The van der Waals surface area contributed by atoms with Crippen LogP contribution >= 0.6 is 0 Å². The molecule has 5 nitrogen and oxygen atoms in total. The van der Waals surface area contributed by atoms with E-state index in [9.17, 15) is 22.0 Å². The number of carbonyl (C=O) groups is 1. The first-order valence-corrected chi connectivity index (χ1v) is 6.12. The summed E-state index contributed by atoms with van der Waals surface area (Å²) in [6.45, 7) is 0. The number of rotatable bonds is 4. The first-order valence-electron chi connectivity index (χ1n) is 4.23. The smallest absolute Gasteiger partial charge is 0.474 e. The van der Waals surface area contributed by atoms with Crippen molar-refractivity contribution in [3.63, 3.8) is 0 Å². The Morgan fingerprint density at radius 2 is 2.00 bits per heavy atom. The molecule has 0 atom stereocenters. The van der Waals surface area contributed by atoms with Crippen LogP contribution in [0.25, 0.3) is 0 Å². The van der Waals surface area contributed by atoms with Gasteiger partial charge in [-0.2, -0.15) is 8.78 Å². The average molecular weight is 266 g/mol. The number of ether oxygens (including phenoxy) is 1. The zero-order valence-corrected chi connectivity index (χ0v) is 9.37. The molecule has 1 aromatic carbocycles. The number of carboxylic acid groups (broad SMARTS) is 1. The van der Waals surface area contributed by atoms with Crippen molar-refractivity contribution >= 4 is 15.8 Å². The highest BCUT2D eigenvalue weighted by Crippen LogP contribution is 2.24. The third kappa shape index (κ3) is 3.38. The maximum atomic E-state index is 12.7. The zero-order valence-electron chi connectivity index (χ0n) is 8.55. The molecule has 0 aliphatic rings. The van der Waals surface area contributed by atoms with Crippen LogP contribution < -0.4 is 4.74 Å². The SMILES string of the molecule is CS(=O)(=O)c1cccc(OC(F)(F)C(=O)O)c1. The molecule has 0 fully saturated rings. The highest BCUT2D eigenvalue weighted by molar-refractivity contribution is 7.90. The number of alkyl halides is 2. The van der Waals surface area contributed by atoms with Gasteiger partial charge < -0.3 is 9.84 Å². The van der Waals surface area contributed by atoms with Gasteiger partial charge in [0.15, 0.2) is 9.84 Å². The predicted molar refractivity (Wildman–Crippen MR) is 52.8 cm³/mol. The first kappa shape index (κ1) is 13.4. The lowest BCUT2D eigenvalue weighted by Gasteiger charge is -2.13. The molecule has 0 unspecified atom stereocenters. The van der Waals surface area contributed by atoms with E-state index in [1.807, 2.05) is 0 Å². The second-order valence-corrected chi connectivity index (χ2v) is 5.19. The van der Waals surface area contributed by atoms with Crippen LogP contribution in [0.3, 0.4) is 0 Å². The van der Waals surface area contributed by atoms with Gasteiger partial charge in [-0.05, 0) is 18.2 Å². The molecular formula is C9H8F2O5S. The lowest BCUT2D eigenvalue weighted by Crippen LogP contribution is -2.34. The molecule has 0 aliphatic carbocycles. The van der Waals surface area contributed by atoms with Crippen LogP contribution in [0, 0.1) is 0 Å². The number of hydrogen-bond donors (Lipinski definition) is 1. The molecule has 94 valence electrons. The number of halogens is 2. The van der Waals surface area contributed by atoms with Crippen molar-refractivity contribution in [1.29, 1.82) is 0 Å². The minimum absolute atomic E-state index is 0.240. The fourth-order valence-electron chi connectivity index (χ4n) is 0.960. The number of benzene rings is 1. The van der Waals surface area contributed by atoms with Crippen molar-refractivity contribution < 1.29 is 31.8 Å². The Kier molecular flexibility index (Phi) is 3.37. The van der Waals surface area contributed by atoms with Crippen molar-refractivity contribution in [1.82, 2.24) is 0 Å². The molecular weight excluding hydrogens is 258 g/mol. The third-order valence-electron chi connectivity index (χ3n) is 1.73. The largest absolute Gasteiger partial charge is 0.501 e. The van der Waals surface area contributed by atoms with Gasteiger partial charge in [-0.1, -0.05) is 6.07 Å². The highest BCUT2D eigenvalue weighted by atomic mass is 32.2. The normalized spacial score (nSPS) is 12.2. The zero-order chi connectivity index (χ0) is 13.3. The van der Waals surface area contributed by atoms with Gasteiger partial charge in [-0.3, -0.25) is 0 Å². The van der Waals surface area contributed by atoms with Crippen molar-refractivity contribution in [2.75, 3.05) is 6.26 Å². The van der Waals surface area contributed by atoms with Crippen LogP contribution in [0.1, 0.15) is 0 Å². The van der Waals surface area contributed by atoms with Crippen molar-refractivity contribution in [3.05, 3.63) is 24.3 Å². The monoisotopic (exact) mass is 266 g/mol. The number of carboxylic acids is 1. The maximum Gasteiger partial charge on any atom is 0.501 e. The Morgan fingerprint density at radius 3 is 2.47 bits per heavy atom. The molecule has 0 saturated heterocycles. The van der Waals surface area contributed by atoms with Gasteiger partial charge in [-0.15, -0.1) is 0 Å². The molecule has 0 bridgehead atoms. The second kappa shape index (κ2) is 4.28. The van der Waals surface area contributed by atoms with E-state index in [1.54, 1.807) is 0 Å². The molecule has 0 aliphatic heterocycles. The Labute approximate surface area is 95.6 Å². The topological polar surface area (TPSA) is 80.7 Å². The fourth-order valence-corrected chi connectivity index (χ4v) is 1.62. The van der Waals surface area contributed by atoms with E-state index in [-0.39, 0.29) is 4.90 Å². The summed E-state index contributed by atoms with van der Waals surface area (Å²) in [6, 6.07) is 4.21. The van der Waals surface area contributed by atoms with Crippen molar-refractivity contribution in [2.24, 2.45) is 0 Å². The fraction of sp³-hybridized carbons (Fsp3) is 0.222. The minimum Gasteiger partial charge on any atom is -0.474 e. The van der Waals surface area contributed by atoms with Gasteiger partial charge in [0.1, 0.15) is 5.75 Å². The summed E-state index contributed by atoms with van der Waals surface area (Å²) in [4.78, 5) is 9.87. The number of aliphatic carboxylic acids is 1. The lowest BCUT2D eigenvalue weighted by atomic mass is 10.3. The summed E-state index contributed by atoms with van der Waals surface area (Å²) in [5.74, 6) is -3.00. The molecule has 17 heavy (non-hydrogen) atoms. The third-order valence-corrected chi connectivity index (χ3v) is 2.84. The molecule has 0 aromatic heterocycles. The standard InChI is InChI=1S/C9H8F2O5S/c1-17(14,15)7-4-2-3-6(5-7)16-9(10,11)8(12)13/h2-5H,1H3,(H,12,13). The first-order chi connectivity index (χ1) is 7.63. The summed E-state index contributed by atoms with van der Waals surface area (Å²) in [7, 11) is -3.57. The van der Waals surface area contributed by atoms with E-state index in [0.29, 0.717) is 0 Å². The van der Waals surface area contributed by atoms with E-state index in [2.05, 4.69) is 4.74 Å². The van der Waals surface area contributed by atoms with E-state index in [4.69, 9.17) is 5.11 Å². The van der Waals surface area contributed by atoms with Gasteiger partial charge in [0.05, 0.1) is 4.90 Å². The molecule has 0 amide bonds. The summed E-state index contributed by atoms with van der Waals surface area (Å²) in [5, 5.41) is 8.14. The van der Waals surface area contributed by atoms with Crippen LogP contribution in [-0.4, -0.2) is 31.9 Å². The van der Waals surface area contributed by atoms with E-state index < -0.39 is 27.7 Å². The molecule has 0 heterocycles. The van der Waals surface area contributed by atoms with Crippen molar-refractivity contribution in [3.8, 4) is 5.75 Å². The Hall–Kier alpha value is -1.70. The maximum absolute atomic E-state index is 12.7. The van der Waals surface area contributed by atoms with Crippen LogP contribution in [-0.2, 0) is 14.6 Å². The molecule has 1 N–H and O–H groups in total. The van der Waals surface area contributed by atoms with Crippen LogP contribution in [0.15, 0.2) is 29.2 Å². The Balaban J connectivity index is 3.06. The molecule has 0 radical (unpaired) electrons. The highest BCUT2D eigenvalue weighted by Gasteiger charge is 2.42. The lowest BCUT2D eigenvalue weighted by molar-refractivity contribution is -0.210. The van der Waals surface area contributed by atoms with Crippen LogP contribution in [0.4, 0.5) is 8.78 Å². The Bertz CT molecular complexity index is 538. The minimum atomic E-state index is -4.41. The summed E-state index contributed by atoms with van der Waals surface area (Å²) >= 11 is 0. The average Bonchev–Trinajstić information content (AvgIpc) is 2.15. The van der Waals surface area contributed by atoms with E-state index in [0.717, 1.165) is 18.4 Å². The number of hydrogen-bond acceptors (Lipinski definition) is 4. The van der Waals surface area contributed by atoms with Gasteiger partial charge in [-0.25, -0.2) is 13.2 Å². The Morgan fingerprint density at radius 1 is 1.41 bits per heavy atom. The van der Waals surface area contributed by atoms with E-state index >= 15 is 0 Å². The van der Waals surface area contributed by atoms with Gasteiger partial charge in [0.25, 0.3) is 0 Å². The molecule has 0 spiro atoms. The molecule has 1 rings (SSSR count). The number of sulfone groups is 1. The predicted octanol–water partition coefficient (Wildman–Crippen LogP) is 1.15. The second-order valence-electron chi connectivity index (χ2n) is 3.17. The van der Waals surface area contributed by atoms with Crippen molar-refractivity contribution in [2.45, 2.75) is 11.0 Å². The van der Waals surface area contributed by atoms with Gasteiger partial charge in [0.2, 0.25) is 0 Å². The van der Waals surface area contributed by atoms with Gasteiger partial charge in [0, 0.05) is 6.26 Å². The van der Waals surface area contributed by atoms with Crippen LogP contribution in [0.5, 0.6) is 5.75 Å². The summed E-state index contributed by atoms with van der Waals surface area (Å²) < 4.78 is 51.5. The van der Waals surface area contributed by atoms with Crippen LogP contribution in [0.2, 0.25) is 0 Å². The van der Waals surface area contributed by atoms with E-state index in [1.165, 1.54) is 12.1 Å². The molecule has 0 saturated carbocycles. The summed E-state index contributed by atoms with van der Waals surface area (Å²) in [6.07, 6.45) is -3.52. The quantitative estimate of drug-likeness (QED) is 0.884.